The number of ether oxygens (including phenoxy) is 2. The molecule has 0 aliphatic carbocycles. The topological polar surface area (TPSA) is 47.6 Å². The van der Waals surface area contributed by atoms with Gasteiger partial charge in [0.05, 0.1) is 0 Å². The van der Waals surface area contributed by atoms with Gasteiger partial charge in [0.2, 0.25) is 5.91 Å². The van der Waals surface area contributed by atoms with Gasteiger partial charge < -0.3 is 14.8 Å². The quantitative estimate of drug-likeness (QED) is 0.909. The van der Waals surface area contributed by atoms with Crippen molar-refractivity contribution in [3.8, 4) is 5.75 Å². The lowest BCUT2D eigenvalue weighted by Crippen LogP contribution is -2.38. The zero-order valence-corrected chi connectivity index (χ0v) is 13.5. The Morgan fingerprint density at radius 1 is 1.23 bits per heavy atom. The molecule has 1 atom stereocenters. The van der Waals surface area contributed by atoms with Crippen molar-refractivity contribution in [2.45, 2.75) is 12.7 Å². The molecule has 1 aliphatic heterocycles. The van der Waals surface area contributed by atoms with Crippen LogP contribution in [0, 0.1) is 0 Å². The Kier molecular flexibility index (Phi) is 4.75. The van der Waals surface area contributed by atoms with E-state index < -0.39 is 0 Å². The van der Waals surface area contributed by atoms with Gasteiger partial charge in [0.1, 0.15) is 25.1 Å². The molecule has 22 heavy (non-hydrogen) atoms. The standard InChI is InChI=1S/C17H16BrNO3/c18-13-6-7-14(16-9-19-17(20)11-22-16)15(8-13)21-10-12-4-2-1-3-5-12/h1-8,16H,9-11H2,(H,19,20)/t16-/m1/s1. The molecule has 2 aromatic carbocycles. The number of benzene rings is 2. The molecular formula is C17H16BrNO3. The molecule has 0 radical (unpaired) electrons. The second kappa shape index (κ2) is 6.94. The maximum Gasteiger partial charge on any atom is 0.246 e. The summed E-state index contributed by atoms with van der Waals surface area (Å²) >= 11 is 3.47. The summed E-state index contributed by atoms with van der Waals surface area (Å²) in [6, 6.07) is 15.8. The maximum atomic E-state index is 11.2. The normalized spacial score (nSPS) is 17.9. The van der Waals surface area contributed by atoms with E-state index in [1.54, 1.807) is 0 Å². The molecule has 4 nitrogen and oxygen atoms in total. The van der Waals surface area contributed by atoms with E-state index in [1.807, 2.05) is 48.5 Å². The lowest BCUT2D eigenvalue weighted by Gasteiger charge is -2.25. The molecule has 0 spiro atoms. The highest BCUT2D eigenvalue weighted by Gasteiger charge is 2.23. The lowest BCUT2D eigenvalue weighted by molar-refractivity contribution is -0.133. The van der Waals surface area contributed by atoms with E-state index in [4.69, 9.17) is 9.47 Å². The third-order valence-electron chi connectivity index (χ3n) is 3.46. The van der Waals surface area contributed by atoms with Gasteiger partial charge in [0.25, 0.3) is 0 Å². The molecule has 0 bridgehead atoms. The molecule has 0 aromatic heterocycles. The zero-order chi connectivity index (χ0) is 15.4. The van der Waals surface area contributed by atoms with Gasteiger partial charge in [-0.3, -0.25) is 4.79 Å². The number of amides is 1. The predicted octanol–water partition coefficient (Wildman–Crippen LogP) is 3.22. The third kappa shape index (κ3) is 3.67. The fourth-order valence-electron chi connectivity index (χ4n) is 2.33. The Morgan fingerprint density at radius 3 is 2.77 bits per heavy atom. The first-order chi connectivity index (χ1) is 10.7. The number of hydrogen-bond acceptors (Lipinski definition) is 3. The summed E-state index contributed by atoms with van der Waals surface area (Å²) in [6.07, 6.45) is -0.184. The molecular weight excluding hydrogens is 346 g/mol. The van der Waals surface area contributed by atoms with Crippen LogP contribution in [-0.4, -0.2) is 19.1 Å². The second-order valence-electron chi connectivity index (χ2n) is 5.06. The summed E-state index contributed by atoms with van der Waals surface area (Å²) < 4.78 is 12.5. The zero-order valence-electron chi connectivity index (χ0n) is 11.9. The molecule has 0 saturated carbocycles. The van der Waals surface area contributed by atoms with Crippen molar-refractivity contribution in [3.63, 3.8) is 0 Å². The molecule has 5 heteroatoms. The van der Waals surface area contributed by atoms with E-state index in [0.717, 1.165) is 21.3 Å². The fourth-order valence-corrected chi connectivity index (χ4v) is 2.67. The lowest BCUT2D eigenvalue weighted by atomic mass is 10.1. The Morgan fingerprint density at radius 2 is 2.05 bits per heavy atom. The van der Waals surface area contributed by atoms with Crippen LogP contribution in [0.1, 0.15) is 17.2 Å². The SMILES string of the molecule is O=C1CO[C@@H](c2ccc(Br)cc2OCc2ccccc2)CN1. The minimum atomic E-state index is -0.184. The summed E-state index contributed by atoms with van der Waals surface area (Å²) in [5, 5.41) is 2.81. The van der Waals surface area contributed by atoms with Gasteiger partial charge in [-0.05, 0) is 17.7 Å². The minimum Gasteiger partial charge on any atom is -0.488 e. The van der Waals surface area contributed by atoms with Crippen molar-refractivity contribution in [2.75, 3.05) is 13.2 Å². The van der Waals surface area contributed by atoms with E-state index in [9.17, 15) is 4.79 Å². The van der Waals surface area contributed by atoms with Crippen LogP contribution in [0.5, 0.6) is 5.75 Å². The Bertz CT molecular complexity index is 650. The van der Waals surface area contributed by atoms with Crippen LogP contribution in [0.25, 0.3) is 0 Å². The molecule has 1 N–H and O–H groups in total. The van der Waals surface area contributed by atoms with Crippen molar-refractivity contribution < 1.29 is 14.3 Å². The van der Waals surface area contributed by atoms with Crippen molar-refractivity contribution in [2.24, 2.45) is 0 Å². The van der Waals surface area contributed by atoms with Crippen LogP contribution >= 0.6 is 15.9 Å². The molecule has 2 aromatic rings. The monoisotopic (exact) mass is 361 g/mol. The van der Waals surface area contributed by atoms with Crippen molar-refractivity contribution in [3.05, 3.63) is 64.1 Å². The molecule has 1 heterocycles. The summed E-state index contributed by atoms with van der Waals surface area (Å²) in [4.78, 5) is 11.2. The van der Waals surface area contributed by atoms with E-state index in [-0.39, 0.29) is 18.6 Å². The van der Waals surface area contributed by atoms with Gasteiger partial charge in [0.15, 0.2) is 0 Å². The summed E-state index contributed by atoms with van der Waals surface area (Å²) in [5.74, 6) is 0.680. The summed E-state index contributed by atoms with van der Waals surface area (Å²) in [7, 11) is 0. The third-order valence-corrected chi connectivity index (χ3v) is 3.95. The van der Waals surface area contributed by atoms with Gasteiger partial charge in [0, 0.05) is 16.6 Å². The van der Waals surface area contributed by atoms with Crippen LogP contribution < -0.4 is 10.1 Å². The number of nitrogens with one attached hydrogen (secondary N) is 1. The first-order valence-electron chi connectivity index (χ1n) is 7.07. The predicted molar refractivity (Wildman–Crippen MR) is 86.6 cm³/mol. The molecule has 3 rings (SSSR count). The molecule has 1 fully saturated rings. The highest BCUT2D eigenvalue weighted by molar-refractivity contribution is 9.10. The Hall–Kier alpha value is -1.85. The van der Waals surface area contributed by atoms with Gasteiger partial charge >= 0.3 is 0 Å². The average molecular weight is 362 g/mol. The van der Waals surface area contributed by atoms with Crippen LogP contribution in [0.15, 0.2) is 53.0 Å². The Labute approximate surface area is 137 Å². The fraction of sp³-hybridized carbons (Fsp3) is 0.235. The number of rotatable bonds is 4. The maximum absolute atomic E-state index is 11.2. The average Bonchev–Trinajstić information content (AvgIpc) is 2.55. The second-order valence-corrected chi connectivity index (χ2v) is 5.98. The number of halogens is 1. The molecule has 1 amide bonds. The van der Waals surface area contributed by atoms with Crippen LogP contribution in [-0.2, 0) is 16.1 Å². The largest absolute Gasteiger partial charge is 0.488 e. The first kappa shape index (κ1) is 15.1. The molecule has 1 aliphatic rings. The van der Waals surface area contributed by atoms with Crippen molar-refractivity contribution >= 4 is 21.8 Å². The minimum absolute atomic E-state index is 0.0822. The van der Waals surface area contributed by atoms with E-state index >= 15 is 0 Å². The first-order valence-corrected chi connectivity index (χ1v) is 7.86. The number of morpholine rings is 1. The van der Waals surface area contributed by atoms with Gasteiger partial charge in [-0.2, -0.15) is 0 Å². The van der Waals surface area contributed by atoms with Crippen molar-refractivity contribution in [1.82, 2.24) is 5.32 Å². The highest BCUT2D eigenvalue weighted by Crippen LogP contribution is 2.32. The van der Waals surface area contributed by atoms with Crippen LogP contribution in [0.3, 0.4) is 0 Å². The number of carbonyl (C=O) groups excluding carboxylic acids is 1. The number of carbonyl (C=O) groups is 1. The van der Waals surface area contributed by atoms with Gasteiger partial charge in [-0.1, -0.05) is 52.3 Å². The molecule has 0 unspecified atom stereocenters. The van der Waals surface area contributed by atoms with E-state index in [1.165, 1.54) is 0 Å². The molecule has 1 saturated heterocycles. The summed E-state index contributed by atoms with van der Waals surface area (Å²) in [6.45, 7) is 1.03. The van der Waals surface area contributed by atoms with E-state index in [2.05, 4.69) is 21.2 Å². The van der Waals surface area contributed by atoms with Crippen LogP contribution in [0.2, 0.25) is 0 Å². The highest BCUT2D eigenvalue weighted by atomic mass is 79.9. The Balaban J connectivity index is 1.77. The number of hydrogen-bond donors (Lipinski definition) is 1. The molecule has 114 valence electrons. The summed E-state index contributed by atoms with van der Waals surface area (Å²) in [5.41, 5.74) is 2.05. The van der Waals surface area contributed by atoms with E-state index in [0.29, 0.717) is 13.2 Å². The van der Waals surface area contributed by atoms with Crippen molar-refractivity contribution in [1.29, 1.82) is 0 Å². The van der Waals surface area contributed by atoms with Crippen LogP contribution in [0.4, 0.5) is 0 Å². The van der Waals surface area contributed by atoms with Gasteiger partial charge in [-0.15, -0.1) is 0 Å². The van der Waals surface area contributed by atoms with Gasteiger partial charge in [-0.25, -0.2) is 0 Å². The smallest absolute Gasteiger partial charge is 0.246 e.